The third kappa shape index (κ3) is 2.05. The molecule has 1 aromatic carbocycles. The number of nitrogens with zero attached hydrogens (tertiary/aromatic N) is 2. The first-order valence-corrected chi connectivity index (χ1v) is 6.83. The van der Waals surface area contributed by atoms with Gasteiger partial charge in [0.05, 0.1) is 12.2 Å². The molecule has 0 saturated carbocycles. The molecule has 2 N–H and O–H groups in total. The lowest BCUT2D eigenvalue weighted by molar-refractivity contribution is -0.156. The van der Waals surface area contributed by atoms with E-state index in [4.69, 9.17) is 0 Å². The first kappa shape index (κ1) is 14.2. The molecule has 0 aliphatic carbocycles. The second-order valence-corrected chi connectivity index (χ2v) is 5.09. The quantitative estimate of drug-likeness (QED) is 0.870. The Morgan fingerprint density at radius 1 is 1.27 bits per heavy atom. The summed E-state index contributed by atoms with van der Waals surface area (Å²) in [5, 5.41) is 13.4. The molecule has 0 fully saturated rings. The molecule has 1 aliphatic rings. The van der Waals surface area contributed by atoms with Gasteiger partial charge in [-0.15, -0.1) is 0 Å². The van der Waals surface area contributed by atoms with Crippen molar-refractivity contribution in [3.63, 3.8) is 0 Å². The van der Waals surface area contributed by atoms with E-state index in [9.17, 15) is 14.7 Å². The monoisotopic (exact) mass is 297 g/mol. The summed E-state index contributed by atoms with van der Waals surface area (Å²) >= 11 is 0. The number of fused-ring (bicyclic) bond motifs is 1. The zero-order valence-corrected chi connectivity index (χ0v) is 12.0. The zero-order chi connectivity index (χ0) is 15.7. The summed E-state index contributed by atoms with van der Waals surface area (Å²) in [5.41, 5.74) is -0.705. The largest absolute Gasteiger partial charge is 0.359 e. The Morgan fingerprint density at radius 3 is 2.73 bits per heavy atom. The van der Waals surface area contributed by atoms with Crippen LogP contribution in [0, 0.1) is 0 Å². The molecule has 0 bridgehead atoms. The number of hydrogen-bond acceptors (Lipinski definition) is 4. The molecular weight excluding hydrogens is 282 g/mol. The van der Waals surface area contributed by atoms with Gasteiger partial charge >= 0.3 is 0 Å². The third-order valence-electron chi connectivity index (χ3n) is 3.80. The molecule has 0 saturated heterocycles. The summed E-state index contributed by atoms with van der Waals surface area (Å²) in [6.07, 6.45) is 1.62. The number of benzene rings is 1. The first-order valence-electron chi connectivity index (χ1n) is 6.83. The Kier molecular flexibility index (Phi) is 3.38. The second-order valence-electron chi connectivity index (χ2n) is 5.09. The average molecular weight is 297 g/mol. The van der Waals surface area contributed by atoms with E-state index in [1.165, 1.54) is 7.05 Å². The second kappa shape index (κ2) is 5.23. The van der Waals surface area contributed by atoms with Crippen molar-refractivity contribution in [1.29, 1.82) is 0 Å². The third-order valence-corrected chi connectivity index (χ3v) is 3.80. The predicted octanol–water partition coefficient (Wildman–Crippen LogP) is 0.629. The maximum Gasteiger partial charge on any atom is 0.278 e. The molecule has 0 radical (unpaired) electrons. The minimum Gasteiger partial charge on any atom is -0.359 e. The van der Waals surface area contributed by atoms with Gasteiger partial charge in [-0.25, -0.2) is 0 Å². The van der Waals surface area contributed by atoms with E-state index in [2.05, 4.69) is 10.3 Å². The fourth-order valence-corrected chi connectivity index (χ4v) is 2.55. The molecule has 1 aromatic heterocycles. The summed E-state index contributed by atoms with van der Waals surface area (Å²) < 4.78 is 0. The van der Waals surface area contributed by atoms with Crippen LogP contribution >= 0.6 is 0 Å². The van der Waals surface area contributed by atoms with Crippen molar-refractivity contribution in [3.05, 3.63) is 65.5 Å². The lowest BCUT2D eigenvalue weighted by Gasteiger charge is -2.29. The van der Waals surface area contributed by atoms with Gasteiger partial charge in [-0.3, -0.25) is 14.6 Å². The van der Waals surface area contributed by atoms with Crippen LogP contribution in [0.2, 0.25) is 0 Å². The van der Waals surface area contributed by atoms with Crippen LogP contribution in [0.3, 0.4) is 0 Å². The molecule has 6 heteroatoms. The highest BCUT2D eigenvalue weighted by atomic mass is 16.3. The molecule has 2 heterocycles. The standard InChI is InChI=1S/C16H15N3O3/c1-19-14(20)12-7-2-3-8-13(12)16(19,22)15(21)18-10-11-6-4-5-9-17-11/h2-9,22H,10H2,1H3,(H,18,21)/t16-/m0/s1. The lowest BCUT2D eigenvalue weighted by atomic mass is 10.0. The Bertz CT molecular complexity index is 732. The maximum atomic E-state index is 12.5. The normalized spacial score (nSPS) is 19.9. The van der Waals surface area contributed by atoms with Gasteiger partial charge in [0.1, 0.15) is 0 Å². The number of rotatable bonds is 3. The van der Waals surface area contributed by atoms with Crippen LogP contribution in [-0.2, 0) is 17.1 Å². The SMILES string of the molecule is CN1C(=O)c2ccccc2[C@]1(O)C(=O)NCc1ccccn1. The fourth-order valence-electron chi connectivity index (χ4n) is 2.55. The smallest absolute Gasteiger partial charge is 0.278 e. The molecule has 1 aliphatic heterocycles. The lowest BCUT2D eigenvalue weighted by Crippen LogP contribution is -2.52. The minimum absolute atomic E-state index is 0.173. The van der Waals surface area contributed by atoms with Gasteiger partial charge in [0.2, 0.25) is 5.72 Å². The van der Waals surface area contributed by atoms with Crippen LogP contribution in [0.15, 0.2) is 48.7 Å². The van der Waals surface area contributed by atoms with Gasteiger partial charge in [-0.1, -0.05) is 24.3 Å². The van der Waals surface area contributed by atoms with E-state index in [1.807, 2.05) is 6.07 Å². The Labute approximate surface area is 127 Å². The topological polar surface area (TPSA) is 82.5 Å². The van der Waals surface area contributed by atoms with Crippen LogP contribution < -0.4 is 5.32 Å². The van der Waals surface area contributed by atoms with E-state index in [-0.39, 0.29) is 12.5 Å². The number of aliphatic hydroxyl groups is 1. The van der Waals surface area contributed by atoms with Crippen LogP contribution in [0.5, 0.6) is 0 Å². The molecular formula is C16H15N3O3. The highest BCUT2D eigenvalue weighted by molar-refractivity contribution is 6.05. The molecule has 0 spiro atoms. The average Bonchev–Trinajstić information content (AvgIpc) is 2.77. The van der Waals surface area contributed by atoms with E-state index < -0.39 is 11.6 Å². The Balaban J connectivity index is 1.86. The Hall–Kier alpha value is -2.73. The van der Waals surface area contributed by atoms with E-state index >= 15 is 0 Å². The summed E-state index contributed by atoms with van der Waals surface area (Å²) in [5.74, 6) is -1.04. The molecule has 0 unspecified atom stereocenters. The van der Waals surface area contributed by atoms with Crippen molar-refractivity contribution >= 4 is 11.8 Å². The Morgan fingerprint density at radius 2 is 2.00 bits per heavy atom. The summed E-state index contributed by atoms with van der Waals surface area (Å²) in [6.45, 7) is 0.173. The van der Waals surface area contributed by atoms with Gasteiger partial charge in [0.25, 0.3) is 11.8 Å². The molecule has 6 nitrogen and oxygen atoms in total. The first-order chi connectivity index (χ1) is 10.5. The van der Waals surface area contributed by atoms with Gasteiger partial charge in [-0.05, 0) is 18.2 Å². The van der Waals surface area contributed by atoms with Crippen molar-refractivity contribution in [1.82, 2.24) is 15.2 Å². The van der Waals surface area contributed by atoms with Crippen LogP contribution in [-0.4, -0.2) is 33.9 Å². The predicted molar refractivity (Wildman–Crippen MR) is 78.5 cm³/mol. The molecule has 22 heavy (non-hydrogen) atoms. The number of pyridine rings is 1. The zero-order valence-electron chi connectivity index (χ0n) is 12.0. The molecule has 3 rings (SSSR count). The van der Waals surface area contributed by atoms with Crippen molar-refractivity contribution < 1.29 is 14.7 Å². The van der Waals surface area contributed by atoms with E-state index in [0.29, 0.717) is 16.8 Å². The number of carbonyl (C=O) groups is 2. The molecule has 112 valence electrons. The highest BCUT2D eigenvalue weighted by Gasteiger charge is 2.52. The van der Waals surface area contributed by atoms with Crippen LogP contribution in [0.1, 0.15) is 21.6 Å². The van der Waals surface area contributed by atoms with E-state index in [0.717, 1.165) is 4.90 Å². The van der Waals surface area contributed by atoms with Crippen LogP contribution in [0.25, 0.3) is 0 Å². The summed E-state index contributed by atoms with van der Waals surface area (Å²) in [4.78, 5) is 29.8. The van der Waals surface area contributed by atoms with Gasteiger partial charge in [0.15, 0.2) is 0 Å². The summed E-state index contributed by atoms with van der Waals surface area (Å²) in [7, 11) is 1.41. The number of carbonyl (C=O) groups excluding carboxylic acids is 2. The number of amides is 2. The summed E-state index contributed by atoms with van der Waals surface area (Å²) in [6, 6.07) is 11.9. The number of nitrogens with one attached hydrogen (secondary N) is 1. The number of aromatic nitrogens is 1. The highest BCUT2D eigenvalue weighted by Crippen LogP contribution is 2.36. The van der Waals surface area contributed by atoms with Crippen LogP contribution in [0.4, 0.5) is 0 Å². The number of hydrogen-bond donors (Lipinski definition) is 2. The van der Waals surface area contributed by atoms with Crippen molar-refractivity contribution in [3.8, 4) is 0 Å². The van der Waals surface area contributed by atoms with Crippen molar-refractivity contribution in [2.75, 3.05) is 7.05 Å². The maximum absolute atomic E-state index is 12.5. The molecule has 1 atom stereocenters. The minimum atomic E-state index is -2.00. The van der Waals surface area contributed by atoms with E-state index in [1.54, 1.807) is 42.6 Å². The van der Waals surface area contributed by atoms with Gasteiger partial charge < -0.3 is 15.3 Å². The molecule has 2 aromatic rings. The fraction of sp³-hybridized carbons (Fsp3) is 0.188. The van der Waals surface area contributed by atoms with Gasteiger partial charge in [0, 0.05) is 24.4 Å². The van der Waals surface area contributed by atoms with Crippen molar-refractivity contribution in [2.45, 2.75) is 12.3 Å². The van der Waals surface area contributed by atoms with Crippen molar-refractivity contribution in [2.24, 2.45) is 0 Å². The molecule has 2 amide bonds. The number of likely N-dealkylation sites (N-methyl/N-ethyl adjacent to an activating group) is 1. The van der Waals surface area contributed by atoms with Gasteiger partial charge in [-0.2, -0.15) is 0 Å².